The van der Waals surface area contributed by atoms with Crippen molar-refractivity contribution in [3.05, 3.63) is 35.8 Å². The molecule has 100 valence electrons. The number of nitrogens with one attached hydrogen (secondary N) is 1. The molecule has 0 spiro atoms. The van der Waals surface area contributed by atoms with Crippen LogP contribution in [0.2, 0.25) is 0 Å². The summed E-state index contributed by atoms with van der Waals surface area (Å²) in [6.45, 7) is 0.240. The lowest BCUT2D eigenvalue weighted by Crippen LogP contribution is -2.32. The largest absolute Gasteiger partial charge is 0.475 e. The van der Waals surface area contributed by atoms with Gasteiger partial charge in [0.25, 0.3) is 0 Å². The number of carbonyl (C=O) groups is 2. The highest BCUT2D eigenvalue weighted by Crippen LogP contribution is 2.43. The van der Waals surface area contributed by atoms with Gasteiger partial charge in [-0.2, -0.15) is 0 Å². The Hall–Kier alpha value is -2.04. The maximum atomic E-state index is 12.0. The van der Waals surface area contributed by atoms with Crippen LogP contribution in [0, 0.1) is 17.8 Å². The van der Waals surface area contributed by atoms with Crippen molar-refractivity contribution in [2.45, 2.75) is 19.4 Å². The second-order valence-corrected chi connectivity index (χ2v) is 5.18. The topological polar surface area (TPSA) is 79.5 Å². The minimum Gasteiger partial charge on any atom is -0.475 e. The first kappa shape index (κ1) is 12.0. The average molecular weight is 261 g/mol. The number of rotatable bonds is 4. The van der Waals surface area contributed by atoms with Crippen LogP contribution in [0.3, 0.4) is 0 Å². The van der Waals surface area contributed by atoms with Crippen LogP contribution in [-0.2, 0) is 11.3 Å². The van der Waals surface area contributed by atoms with Gasteiger partial charge in [-0.25, -0.2) is 4.79 Å². The Morgan fingerprint density at radius 2 is 2.16 bits per heavy atom. The zero-order valence-electron chi connectivity index (χ0n) is 10.3. The summed E-state index contributed by atoms with van der Waals surface area (Å²) < 4.78 is 5.09. The van der Waals surface area contributed by atoms with Crippen molar-refractivity contribution in [1.82, 2.24) is 5.32 Å². The summed E-state index contributed by atoms with van der Waals surface area (Å²) in [5, 5.41) is 11.5. The highest BCUT2D eigenvalue weighted by Gasteiger charge is 2.39. The van der Waals surface area contributed by atoms with Crippen LogP contribution in [0.15, 0.2) is 28.7 Å². The summed E-state index contributed by atoms with van der Waals surface area (Å²) in [5.41, 5.74) is 0. The molecule has 2 N–H and O–H groups in total. The monoisotopic (exact) mass is 261 g/mol. The molecule has 0 saturated heterocycles. The summed E-state index contributed by atoms with van der Waals surface area (Å²) in [6, 6.07) is 2.97. The van der Waals surface area contributed by atoms with E-state index in [1.165, 1.54) is 6.07 Å². The normalized spacial score (nSPS) is 27.7. The van der Waals surface area contributed by atoms with Gasteiger partial charge >= 0.3 is 5.97 Å². The predicted molar refractivity (Wildman–Crippen MR) is 66.4 cm³/mol. The van der Waals surface area contributed by atoms with E-state index in [2.05, 4.69) is 17.5 Å². The number of fused-ring (bicyclic) bond motifs is 2. The number of carboxylic acid groups (broad SMARTS) is 1. The van der Waals surface area contributed by atoms with Crippen LogP contribution in [0.4, 0.5) is 0 Å². The fourth-order valence-corrected chi connectivity index (χ4v) is 2.98. The minimum atomic E-state index is -1.10. The lowest BCUT2D eigenvalue weighted by atomic mass is 9.93. The maximum absolute atomic E-state index is 12.0. The Balaban J connectivity index is 1.55. The number of amides is 1. The van der Waals surface area contributed by atoms with E-state index in [0.717, 1.165) is 12.8 Å². The fraction of sp³-hybridized carbons (Fsp3) is 0.429. The SMILES string of the molecule is O=C(O)c1ccc(CNC(=O)[C@@H]2C[C@@H]3C=C[C@H]2C3)o1. The van der Waals surface area contributed by atoms with Crippen molar-refractivity contribution in [1.29, 1.82) is 0 Å². The third kappa shape index (κ3) is 2.28. The van der Waals surface area contributed by atoms with Gasteiger partial charge < -0.3 is 14.8 Å². The first-order valence-corrected chi connectivity index (χ1v) is 6.41. The summed E-state index contributed by atoms with van der Waals surface area (Å²) in [4.78, 5) is 22.7. The number of carboxylic acids is 1. The van der Waals surface area contributed by atoms with E-state index in [9.17, 15) is 9.59 Å². The van der Waals surface area contributed by atoms with Gasteiger partial charge in [0.2, 0.25) is 11.7 Å². The molecule has 0 unspecified atom stereocenters. The molecule has 0 radical (unpaired) electrons. The van der Waals surface area contributed by atoms with E-state index >= 15 is 0 Å². The fourth-order valence-electron chi connectivity index (χ4n) is 2.98. The molecule has 5 heteroatoms. The number of hydrogen-bond acceptors (Lipinski definition) is 3. The smallest absolute Gasteiger partial charge is 0.371 e. The molecule has 2 bridgehead atoms. The second kappa shape index (κ2) is 4.57. The van der Waals surface area contributed by atoms with Crippen molar-refractivity contribution < 1.29 is 19.1 Å². The molecule has 1 aromatic rings. The summed E-state index contributed by atoms with van der Waals surface area (Å²) in [5.74, 6) is 0.278. The Morgan fingerprint density at radius 1 is 1.32 bits per heavy atom. The molecule has 1 aromatic heterocycles. The molecule has 5 nitrogen and oxygen atoms in total. The van der Waals surface area contributed by atoms with Gasteiger partial charge in [0.05, 0.1) is 6.54 Å². The van der Waals surface area contributed by atoms with Gasteiger partial charge in [0.15, 0.2) is 0 Å². The maximum Gasteiger partial charge on any atom is 0.371 e. The van der Waals surface area contributed by atoms with Gasteiger partial charge in [-0.1, -0.05) is 12.2 Å². The van der Waals surface area contributed by atoms with Gasteiger partial charge in [-0.3, -0.25) is 4.79 Å². The first-order valence-electron chi connectivity index (χ1n) is 6.41. The highest BCUT2D eigenvalue weighted by atomic mass is 16.4. The van der Waals surface area contributed by atoms with Crippen molar-refractivity contribution in [3.8, 4) is 0 Å². The summed E-state index contributed by atoms with van der Waals surface area (Å²) in [7, 11) is 0. The Bertz CT molecular complexity index is 545. The van der Waals surface area contributed by atoms with Crippen LogP contribution >= 0.6 is 0 Å². The number of allylic oxidation sites excluding steroid dienone is 2. The van der Waals surface area contributed by atoms with Crippen molar-refractivity contribution in [3.63, 3.8) is 0 Å². The predicted octanol–water partition coefficient (Wildman–Crippen LogP) is 1.81. The van der Waals surface area contributed by atoms with E-state index in [1.54, 1.807) is 6.07 Å². The van der Waals surface area contributed by atoms with E-state index in [0.29, 0.717) is 17.6 Å². The molecule has 3 rings (SSSR count). The molecule has 1 fully saturated rings. The van der Waals surface area contributed by atoms with Crippen LogP contribution in [0.1, 0.15) is 29.2 Å². The van der Waals surface area contributed by atoms with Gasteiger partial charge in [0.1, 0.15) is 5.76 Å². The van der Waals surface area contributed by atoms with Crippen LogP contribution in [0.5, 0.6) is 0 Å². The van der Waals surface area contributed by atoms with E-state index < -0.39 is 5.97 Å². The summed E-state index contributed by atoms with van der Waals surface area (Å²) >= 11 is 0. The quantitative estimate of drug-likeness (QED) is 0.810. The molecule has 19 heavy (non-hydrogen) atoms. The number of hydrogen-bond donors (Lipinski definition) is 2. The van der Waals surface area contributed by atoms with Gasteiger partial charge in [-0.05, 0) is 36.8 Å². The standard InChI is InChI=1S/C14H15NO4/c16-13(11-6-8-1-2-9(11)5-8)15-7-10-3-4-12(19-10)14(17)18/h1-4,8-9,11H,5-7H2,(H,15,16)(H,17,18)/t8-,9+,11-/m1/s1. The van der Waals surface area contributed by atoms with Crippen LogP contribution in [0.25, 0.3) is 0 Å². The number of carbonyl (C=O) groups excluding carboxylic acids is 1. The molecule has 0 aromatic carbocycles. The van der Waals surface area contributed by atoms with Crippen molar-refractivity contribution in [2.24, 2.45) is 17.8 Å². The lowest BCUT2D eigenvalue weighted by Gasteiger charge is -2.16. The lowest BCUT2D eigenvalue weighted by molar-refractivity contribution is -0.126. The zero-order valence-corrected chi connectivity index (χ0v) is 10.3. The molecule has 2 aliphatic carbocycles. The van der Waals surface area contributed by atoms with Gasteiger partial charge in [-0.15, -0.1) is 0 Å². The Morgan fingerprint density at radius 3 is 2.74 bits per heavy atom. The second-order valence-electron chi connectivity index (χ2n) is 5.18. The van der Waals surface area contributed by atoms with Crippen molar-refractivity contribution >= 4 is 11.9 Å². The molecule has 0 aliphatic heterocycles. The average Bonchev–Trinajstić information content (AvgIpc) is 3.11. The Kier molecular flexibility index (Phi) is 2.89. The van der Waals surface area contributed by atoms with E-state index in [-0.39, 0.29) is 24.1 Å². The third-order valence-corrected chi connectivity index (χ3v) is 3.92. The minimum absolute atomic E-state index is 0.0325. The molecule has 3 atom stereocenters. The molecular formula is C14H15NO4. The van der Waals surface area contributed by atoms with E-state index in [1.807, 2.05) is 0 Å². The molecule has 1 heterocycles. The zero-order chi connectivity index (χ0) is 13.4. The molecule has 1 saturated carbocycles. The first-order chi connectivity index (χ1) is 9.13. The molecule has 2 aliphatic rings. The molecule has 1 amide bonds. The Labute approximate surface area is 110 Å². The summed E-state index contributed by atoms with van der Waals surface area (Å²) in [6.07, 6.45) is 6.33. The third-order valence-electron chi connectivity index (χ3n) is 3.92. The number of furan rings is 1. The molecular weight excluding hydrogens is 246 g/mol. The van der Waals surface area contributed by atoms with Crippen LogP contribution in [-0.4, -0.2) is 17.0 Å². The number of aromatic carboxylic acids is 1. The van der Waals surface area contributed by atoms with Crippen LogP contribution < -0.4 is 5.32 Å². The van der Waals surface area contributed by atoms with Crippen molar-refractivity contribution in [2.75, 3.05) is 0 Å². The van der Waals surface area contributed by atoms with Gasteiger partial charge in [0, 0.05) is 5.92 Å². The van der Waals surface area contributed by atoms with E-state index in [4.69, 9.17) is 9.52 Å². The highest BCUT2D eigenvalue weighted by molar-refractivity contribution is 5.84.